The van der Waals surface area contributed by atoms with Crippen LogP contribution in [0.2, 0.25) is 0 Å². The molecule has 0 bridgehead atoms. The van der Waals surface area contributed by atoms with Gasteiger partial charge in [-0.2, -0.15) is 11.8 Å². The predicted octanol–water partition coefficient (Wildman–Crippen LogP) is 1.58. The summed E-state index contributed by atoms with van der Waals surface area (Å²) in [6.45, 7) is 0.438. The highest BCUT2D eigenvalue weighted by Crippen LogP contribution is 2.30. The van der Waals surface area contributed by atoms with E-state index in [1.165, 1.54) is 23.6 Å². The zero-order chi connectivity index (χ0) is 9.10. The highest BCUT2D eigenvalue weighted by atomic mass is 35.5. The zero-order valence-electron chi connectivity index (χ0n) is 7.85. The van der Waals surface area contributed by atoms with Crippen LogP contribution in [0.3, 0.4) is 0 Å². The first-order valence-corrected chi connectivity index (χ1v) is 5.65. The molecular formula is C9H14ClN3S. The minimum absolute atomic E-state index is 0. The van der Waals surface area contributed by atoms with E-state index in [9.17, 15) is 0 Å². The van der Waals surface area contributed by atoms with Crippen LogP contribution in [0.5, 0.6) is 0 Å². The van der Waals surface area contributed by atoms with Crippen LogP contribution in [-0.4, -0.2) is 21.5 Å². The second-order valence-corrected chi connectivity index (χ2v) is 4.31. The Morgan fingerprint density at radius 2 is 2.43 bits per heavy atom. The summed E-state index contributed by atoms with van der Waals surface area (Å²) >= 11 is 2.00. The Hall–Kier alpha value is -0.320. The summed E-state index contributed by atoms with van der Waals surface area (Å²) in [5.41, 5.74) is 6.65. The normalized spacial score (nSPS) is 20.5. The second kappa shape index (κ2) is 5.53. The van der Waals surface area contributed by atoms with E-state index >= 15 is 0 Å². The molecule has 14 heavy (non-hydrogen) atoms. The topological polar surface area (TPSA) is 51.8 Å². The standard InChI is InChI=1S/C9H13N3S.ClH/c10-5-9-11-3-1-8(12-9)7-2-4-13-6-7;/h1,3,7H,2,4-6,10H2;1H. The van der Waals surface area contributed by atoms with Crippen LogP contribution in [0, 0.1) is 0 Å². The van der Waals surface area contributed by atoms with Crippen LogP contribution >= 0.6 is 24.2 Å². The fourth-order valence-electron chi connectivity index (χ4n) is 1.51. The number of nitrogens with two attached hydrogens (primary N) is 1. The molecule has 1 aliphatic heterocycles. The van der Waals surface area contributed by atoms with Gasteiger partial charge < -0.3 is 5.73 Å². The summed E-state index contributed by atoms with van der Waals surface area (Å²) in [6, 6.07) is 2.01. The van der Waals surface area contributed by atoms with Crippen molar-refractivity contribution in [1.29, 1.82) is 0 Å². The fourth-order valence-corrected chi connectivity index (χ4v) is 2.75. The van der Waals surface area contributed by atoms with Gasteiger partial charge in [-0.3, -0.25) is 0 Å². The third-order valence-electron chi connectivity index (χ3n) is 2.26. The maximum absolute atomic E-state index is 5.49. The molecule has 1 saturated heterocycles. The van der Waals surface area contributed by atoms with E-state index in [0.29, 0.717) is 12.5 Å². The van der Waals surface area contributed by atoms with Crippen LogP contribution < -0.4 is 5.73 Å². The van der Waals surface area contributed by atoms with Crippen molar-refractivity contribution in [1.82, 2.24) is 9.97 Å². The minimum Gasteiger partial charge on any atom is -0.324 e. The maximum atomic E-state index is 5.49. The fraction of sp³-hybridized carbons (Fsp3) is 0.556. The van der Waals surface area contributed by atoms with Crippen LogP contribution in [0.1, 0.15) is 23.9 Å². The van der Waals surface area contributed by atoms with Gasteiger partial charge in [0.1, 0.15) is 5.82 Å². The number of rotatable bonds is 2. The molecule has 1 atom stereocenters. The van der Waals surface area contributed by atoms with Crippen molar-refractivity contribution in [2.24, 2.45) is 5.73 Å². The highest BCUT2D eigenvalue weighted by molar-refractivity contribution is 7.99. The van der Waals surface area contributed by atoms with E-state index in [4.69, 9.17) is 5.73 Å². The van der Waals surface area contributed by atoms with E-state index in [2.05, 4.69) is 9.97 Å². The van der Waals surface area contributed by atoms with E-state index < -0.39 is 0 Å². The summed E-state index contributed by atoms with van der Waals surface area (Å²) in [7, 11) is 0. The number of hydrogen-bond acceptors (Lipinski definition) is 4. The lowest BCUT2D eigenvalue weighted by atomic mass is 10.1. The zero-order valence-corrected chi connectivity index (χ0v) is 9.48. The predicted molar refractivity (Wildman–Crippen MR) is 61.9 cm³/mol. The van der Waals surface area contributed by atoms with Crippen molar-refractivity contribution < 1.29 is 0 Å². The molecule has 1 aromatic rings. The van der Waals surface area contributed by atoms with Gasteiger partial charge in [-0.25, -0.2) is 9.97 Å². The van der Waals surface area contributed by atoms with Crippen molar-refractivity contribution in [3.63, 3.8) is 0 Å². The largest absolute Gasteiger partial charge is 0.324 e. The number of aromatic nitrogens is 2. The molecule has 0 radical (unpaired) electrons. The maximum Gasteiger partial charge on any atom is 0.142 e. The van der Waals surface area contributed by atoms with Gasteiger partial charge >= 0.3 is 0 Å². The number of nitrogens with zero attached hydrogens (tertiary/aromatic N) is 2. The van der Waals surface area contributed by atoms with E-state index in [0.717, 1.165) is 5.82 Å². The average molecular weight is 232 g/mol. The molecule has 2 N–H and O–H groups in total. The Labute approximate surface area is 94.3 Å². The first-order valence-electron chi connectivity index (χ1n) is 4.50. The summed E-state index contributed by atoms with van der Waals surface area (Å²) in [5.74, 6) is 3.83. The van der Waals surface area contributed by atoms with Crippen molar-refractivity contribution in [3.8, 4) is 0 Å². The van der Waals surface area contributed by atoms with Gasteiger partial charge in [0.05, 0.1) is 6.54 Å². The summed E-state index contributed by atoms with van der Waals surface area (Å²) in [5, 5.41) is 0. The molecular weight excluding hydrogens is 218 g/mol. The Balaban J connectivity index is 0.000000980. The molecule has 78 valence electrons. The van der Waals surface area contributed by atoms with Crippen molar-refractivity contribution in [2.45, 2.75) is 18.9 Å². The van der Waals surface area contributed by atoms with E-state index in [-0.39, 0.29) is 12.4 Å². The summed E-state index contributed by atoms with van der Waals surface area (Å²) in [4.78, 5) is 8.51. The van der Waals surface area contributed by atoms with Gasteiger partial charge in [0.25, 0.3) is 0 Å². The molecule has 1 aliphatic rings. The minimum atomic E-state index is 0. The molecule has 0 aliphatic carbocycles. The molecule has 1 aromatic heterocycles. The number of halogens is 1. The third kappa shape index (κ3) is 2.59. The molecule has 5 heteroatoms. The number of thioether (sulfide) groups is 1. The molecule has 0 amide bonds. The SMILES string of the molecule is Cl.NCc1nccc(C2CCSC2)n1. The van der Waals surface area contributed by atoms with Gasteiger partial charge in [-0.05, 0) is 18.2 Å². The lowest BCUT2D eigenvalue weighted by molar-refractivity contribution is 0.730. The molecule has 0 saturated carbocycles. The average Bonchev–Trinajstić information content (AvgIpc) is 2.71. The molecule has 2 heterocycles. The van der Waals surface area contributed by atoms with Crippen molar-refractivity contribution >= 4 is 24.2 Å². The van der Waals surface area contributed by atoms with Crippen molar-refractivity contribution in [2.75, 3.05) is 11.5 Å². The van der Waals surface area contributed by atoms with Crippen LogP contribution in [0.15, 0.2) is 12.3 Å². The molecule has 3 nitrogen and oxygen atoms in total. The Morgan fingerprint density at radius 3 is 3.07 bits per heavy atom. The highest BCUT2D eigenvalue weighted by Gasteiger charge is 2.18. The first-order chi connectivity index (χ1) is 6.40. The van der Waals surface area contributed by atoms with Crippen molar-refractivity contribution in [3.05, 3.63) is 23.8 Å². The van der Waals surface area contributed by atoms with Gasteiger partial charge in [0, 0.05) is 23.6 Å². The Kier molecular flexibility index (Phi) is 4.65. The Bertz CT molecular complexity index is 289. The lowest BCUT2D eigenvalue weighted by Crippen LogP contribution is -2.07. The van der Waals surface area contributed by atoms with Gasteiger partial charge in [0.15, 0.2) is 0 Å². The van der Waals surface area contributed by atoms with E-state index in [1.54, 1.807) is 0 Å². The van der Waals surface area contributed by atoms with Gasteiger partial charge in [-0.15, -0.1) is 12.4 Å². The molecule has 0 spiro atoms. The Morgan fingerprint density at radius 1 is 1.57 bits per heavy atom. The lowest BCUT2D eigenvalue weighted by Gasteiger charge is -2.07. The summed E-state index contributed by atoms with van der Waals surface area (Å²) < 4.78 is 0. The van der Waals surface area contributed by atoms with Gasteiger partial charge in [0.2, 0.25) is 0 Å². The molecule has 2 rings (SSSR count). The quantitative estimate of drug-likeness (QED) is 0.840. The molecule has 0 aromatic carbocycles. The summed E-state index contributed by atoms with van der Waals surface area (Å²) in [6.07, 6.45) is 3.05. The smallest absolute Gasteiger partial charge is 0.142 e. The van der Waals surface area contributed by atoms with Gasteiger partial charge in [-0.1, -0.05) is 0 Å². The van der Waals surface area contributed by atoms with E-state index in [1.807, 2.05) is 24.0 Å². The monoisotopic (exact) mass is 231 g/mol. The molecule has 1 unspecified atom stereocenters. The molecule has 1 fully saturated rings. The second-order valence-electron chi connectivity index (χ2n) is 3.16. The third-order valence-corrected chi connectivity index (χ3v) is 3.42. The number of hydrogen-bond donors (Lipinski definition) is 1. The van der Waals surface area contributed by atoms with Crippen LogP contribution in [0.25, 0.3) is 0 Å². The first kappa shape index (κ1) is 11.8. The van der Waals surface area contributed by atoms with Crippen LogP contribution in [0.4, 0.5) is 0 Å². The van der Waals surface area contributed by atoms with Crippen LogP contribution in [-0.2, 0) is 6.54 Å².